The van der Waals surface area contributed by atoms with Crippen molar-refractivity contribution in [3.05, 3.63) is 0 Å². The van der Waals surface area contributed by atoms with Crippen LogP contribution in [-0.4, -0.2) is 50.0 Å². The minimum absolute atomic E-state index is 0.0497. The molecule has 1 amide bonds. The number of carboxylic acid groups (broad SMARTS) is 1. The second kappa shape index (κ2) is 5.22. The summed E-state index contributed by atoms with van der Waals surface area (Å²) in [7, 11) is -3.47. The van der Waals surface area contributed by atoms with Crippen molar-refractivity contribution in [2.24, 2.45) is 11.8 Å². The van der Waals surface area contributed by atoms with Crippen LogP contribution in [0.1, 0.15) is 20.3 Å². The molecule has 0 aromatic heterocycles. The first-order valence-electron chi connectivity index (χ1n) is 5.54. The molecule has 0 bridgehead atoms. The molecule has 1 saturated heterocycles. The molecule has 1 aliphatic heterocycles. The number of rotatable bonds is 3. The van der Waals surface area contributed by atoms with Crippen molar-refractivity contribution in [3.63, 3.8) is 0 Å². The number of hydrogen-bond donors (Lipinski definition) is 1. The molecular formula is C10H19NO5S. The Morgan fingerprint density at radius 3 is 2.53 bits per heavy atom. The van der Waals surface area contributed by atoms with Crippen LogP contribution in [0.25, 0.3) is 0 Å². The van der Waals surface area contributed by atoms with Crippen molar-refractivity contribution in [3.8, 4) is 0 Å². The van der Waals surface area contributed by atoms with Gasteiger partial charge in [0.2, 0.25) is 0 Å². The first kappa shape index (κ1) is 14.2. The molecular weight excluding hydrogens is 246 g/mol. The molecule has 1 fully saturated rings. The van der Waals surface area contributed by atoms with Crippen LogP contribution in [0.5, 0.6) is 0 Å². The maximum atomic E-state index is 11.0. The van der Waals surface area contributed by atoms with E-state index < -0.39 is 16.2 Å². The summed E-state index contributed by atoms with van der Waals surface area (Å²) in [6.07, 6.45) is 0.813. The highest BCUT2D eigenvalue weighted by Crippen LogP contribution is 2.27. The van der Waals surface area contributed by atoms with E-state index in [1.807, 2.05) is 6.92 Å². The number of hydrogen-bond acceptors (Lipinski definition) is 4. The molecule has 17 heavy (non-hydrogen) atoms. The molecule has 0 spiro atoms. The maximum Gasteiger partial charge on any atom is 0.407 e. The Morgan fingerprint density at radius 2 is 2.06 bits per heavy atom. The van der Waals surface area contributed by atoms with Crippen molar-refractivity contribution >= 4 is 16.2 Å². The Balaban J connectivity index is 2.67. The van der Waals surface area contributed by atoms with Crippen molar-refractivity contribution in [2.75, 3.05) is 19.4 Å². The summed E-state index contributed by atoms with van der Waals surface area (Å²) in [4.78, 5) is 12.4. The number of amides is 1. The summed E-state index contributed by atoms with van der Waals surface area (Å²) >= 11 is 0. The highest BCUT2D eigenvalue weighted by molar-refractivity contribution is 7.85. The van der Waals surface area contributed by atoms with Crippen LogP contribution in [0.15, 0.2) is 0 Å². The van der Waals surface area contributed by atoms with E-state index in [1.54, 1.807) is 6.92 Å². The molecule has 0 radical (unpaired) electrons. The van der Waals surface area contributed by atoms with Gasteiger partial charge in [-0.25, -0.2) is 4.79 Å². The lowest BCUT2D eigenvalue weighted by molar-refractivity contribution is 0.0475. The van der Waals surface area contributed by atoms with Gasteiger partial charge in [0.05, 0.1) is 12.9 Å². The van der Waals surface area contributed by atoms with Crippen molar-refractivity contribution in [2.45, 2.75) is 26.3 Å². The van der Waals surface area contributed by atoms with Crippen LogP contribution in [0, 0.1) is 11.8 Å². The van der Waals surface area contributed by atoms with Crippen LogP contribution < -0.4 is 0 Å². The quantitative estimate of drug-likeness (QED) is 0.769. The van der Waals surface area contributed by atoms with E-state index in [-0.39, 0.29) is 24.5 Å². The Kier molecular flexibility index (Phi) is 4.37. The molecule has 0 aliphatic carbocycles. The van der Waals surface area contributed by atoms with Gasteiger partial charge >= 0.3 is 6.09 Å². The van der Waals surface area contributed by atoms with Crippen LogP contribution in [0.4, 0.5) is 4.79 Å². The first-order valence-corrected chi connectivity index (χ1v) is 7.36. The molecule has 1 heterocycles. The third-order valence-electron chi connectivity index (χ3n) is 3.13. The average molecular weight is 265 g/mol. The predicted molar refractivity (Wildman–Crippen MR) is 62.3 cm³/mol. The molecule has 100 valence electrons. The van der Waals surface area contributed by atoms with Gasteiger partial charge in [-0.3, -0.25) is 4.18 Å². The maximum absolute atomic E-state index is 11.0. The van der Waals surface area contributed by atoms with Crippen LogP contribution >= 0.6 is 0 Å². The van der Waals surface area contributed by atoms with Gasteiger partial charge < -0.3 is 10.0 Å². The SMILES string of the molecule is CC1CC(COS(C)(=O)=O)C(C)N(C(=O)O)C1. The fourth-order valence-corrected chi connectivity index (χ4v) is 2.64. The van der Waals surface area contributed by atoms with E-state index in [9.17, 15) is 13.2 Å². The summed E-state index contributed by atoms with van der Waals surface area (Å²) in [5.74, 6) is 0.139. The Labute approximate surface area is 102 Å². The van der Waals surface area contributed by atoms with E-state index in [4.69, 9.17) is 9.29 Å². The van der Waals surface area contributed by atoms with E-state index >= 15 is 0 Å². The van der Waals surface area contributed by atoms with E-state index in [2.05, 4.69) is 0 Å². The smallest absolute Gasteiger partial charge is 0.407 e. The normalized spacial score (nSPS) is 30.3. The number of piperidine rings is 1. The van der Waals surface area contributed by atoms with Gasteiger partial charge in [-0.1, -0.05) is 6.92 Å². The lowest BCUT2D eigenvalue weighted by Crippen LogP contribution is -2.50. The molecule has 1 aliphatic rings. The van der Waals surface area contributed by atoms with Gasteiger partial charge in [0.1, 0.15) is 0 Å². The molecule has 7 heteroatoms. The summed E-state index contributed by atoms with van der Waals surface area (Å²) in [5.41, 5.74) is 0. The second-order valence-corrected chi connectivity index (χ2v) is 6.41. The third kappa shape index (κ3) is 4.16. The van der Waals surface area contributed by atoms with Gasteiger partial charge in [-0.05, 0) is 19.3 Å². The van der Waals surface area contributed by atoms with E-state index in [1.165, 1.54) is 4.90 Å². The Hall–Kier alpha value is -0.820. The standard InChI is InChI=1S/C10H19NO5S/c1-7-4-9(6-16-17(3,14)15)8(2)11(5-7)10(12)13/h7-9H,4-6H2,1-3H3,(H,12,13). The van der Waals surface area contributed by atoms with Crippen LogP contribution in [-0.2, 0) is 14.3 Å². The minimum Gasteiger partial charge on any atom is -0.465 e. The highest BCUT2D eigenvalue weighted by atomic mass is 32.2. The molecule has 0 aromatic rings. The van der Waals surface area contributed by atoms with Gasteiger partial charge in [0.15, 0.2) is 0 Å². The highest BCUT2D eigenvalue weighted by Gasteiger charge is 2.34. The van der Waals surface area contributed by atoms with E-state index in [0.29, 0.717) is 6.54 Å². The largest absolute Gasteiger partial charge is 0.465 e. The summed E-state index contributed by atoms with van der Waals surface area (Å²) in [6, 6.07) is -0.217. The molecule has 6 nitrogen and oxygen atoms in total. The lowest BCUT2D eigenvalue weighted by atomic mass is 9.85. The first-order chi connectivity index (χ1) is 7.70. The fraction of sp³-hybridized carbons (Fsp3) is 0.900. The van der Waals surface area contributed by atoms with Gasteiger partial charge in [-0.2, -0.15) is 8.42 Å². The number of likely N-dealkylation sites (tertiary alicyclic amines) is 1. The van der Waals surface area contributed by atoms with Crippen LogP contribution in [0.2, 0.25) is 0 Å². The second-order valence-electron chi connectivity index (χ2n) is 4.77. The average Bonchev–Trinajstić information content (AvgIpc) is 2.17. The summed E-state index contributed by atoms with van der Waals surface area (Å²) in [5, 5.41) is 9.04. The third-order valence-corrected chi connectivity index (χ3v) is 3.69. The van der Waals surface area contributed by atoms with Crippen molar-refractivity contribution in [1.29, 1.82) is 0 Å². The molecule has 1 N–H and O–H groups in total. The van der Waals surface area contributed by atoms with Gasteiger partial charge in [0, 0.05) is 18.5 Å². The number of nitrogens with zero attached hydrogens (tertiary/aromatic N) is 1. The van der Waals surface area contributed by atoms with Crippen LogP contribution in [0.3, 0.4) is 0 Å². The lowest BCUT2D eigenvalue weighted by Gasteiger charge is -2.40. The topological polar surface area (TPSA) is 83.9 Å². The Morgan fingerprint density at radius 1 is 1.47 bits per heavy atom. The van der Waals surface area contributed by atoms with Gasteiger partial charge in [-0.15, -0.1) is 0 Å². The predicted octanol–water partition coefficient (Wildman–Crippen LogP) is 0.987. The molecule has 1 rings (SSSR count). The summed E-state index contributed by atoms with van der Waals surface area (Å²) in [6.45, 7) is 4.28. The monoisotopic (exact) mass is 265 g/mol. The zero-order chi connectivity index (χ0) is 13.2. The zero-order valence-electron chi connectivity index (χ0n) is 10.3. The molecule has 0 saturated carbocycles. The molecule has 0 aromatic carbocycles. The van der Waals surface area contributed by atoms with E-state index in [0.717, 1.165) is 12.7 Å². The fourth-order valence-electron chi connectivity index (χ4n) is 2.22. The summed E-state index contributed by atoms with van der Waals surface area (Å²) < 4.78 is 26.6. The van der Waals surface area contributed by atoms with Gasteiger partial charge in [0.25, 0.3) is 10.1 Å². The number of carbonyl (C=O) groups is 1. The zero-order valence-corrected chi connectivity index (χ0v) is 11.1. The van der Waals surface area contributed by atoms with Crippen molar-refractivity contribution < 1.29 is 22.5 Å². The van der Waals surface area contributed by atoms with Crippen molar-refractivity contribution in [1.82, 2.24) is 4.90 Å². The molecule has 3 unspecified atom stereocenters. The Bertz CT molecular complexity index is 380. The minimum atomic E-state index is -3.47. The molecule has 3 atom stereocenters.